The van der Waals surface area contributed by atoms with Crippen molar-refractivity contribution in [2.75, 3.05) is 24.6 Å². The van der Waals surface area contributed by atoms with E-state index < -0.39 is 0 Å². The van der Waals surface area contributed by atoms with Gasteiger partial charge in [-0.25, -0.2) is 0 Å². The third-order valence-electron chi connectivity index (χ3n) is 3.25. The molecule has 1 saturated heterocycles. The summed E-state index contributed by atoms with van der Waals surface area (Å²) in [5, 5.41) is 0. The van der Waals surface area contributed by atoms with Crippen LogP contribution in [-0.2, 0) is 0 Å². The maximum atomic E-state index is 12.1. The van der Waals surface area contributed by atoms with Crippen LogP contribution in [0.3, 0.4) is 0 Å². The fraction of sp³-hybridized carbons (Fsp3) is 0.500. The van der Waals surface area contributed by atoms with Gasteiger partial charge >= 0.3 is 0 Å². The molecule has 0 radical (unpaired) electrons. The smallest absolute Gasteiger partial charge is 0.164 e. The van der Waals surface area contributed by atoms with E-state index in [1.807, 2.05) is 42.1 Å². The summed E-state index contributed by atoms with van der Waals surface area (Å²) in [5.41, 5.74) is 0.839. The van der Waals surface area contributed by atoms with E-state index in [2.05, 4.69) is 11.8 Å². The number of nitrogens with zero attached hydrogens (tertiary/aromatic N) is 1. The molecule has 17 heavy (non-hydrogen) atoms. The van der Waals surface area contributed by atoms with E-state index in [-0.39, 0.29) is 5.78 Å². The van der Waals surface area contributed by atoms with Gasteiger partial charge in [0, 0.05) is 42.6 Å². The van der Waals surface area contributed by atoms with Crippen LogP contribution < -0.4 is 0 Å². The zero-order chi connectivity index (χ0) is 12.1. The second kappa shape index (κ2) is 6.22. The molecule has 3 heteroatoms. The molecule has 0 aliphatic carbocycles. The quantitative estimate of drug-likeness (QED) is 0.765. The highest BCUT2D eigenvalue weighted by Gasteiger charge is 2.19. The van der Waals surface area contributed by atoms with Crippen molar-refractivity contribution in [3.05, 3.63) is 35.9 Å². The Morgan fingerprint density at radius 2 is 1.94 bits per heavy atom. The molecule has 92 valence electrons. The number of hydrogen-bond donors (Lipinski definition) is 0. The normalized spacial score (nSPS) is 18.9. The van der Waals surface area contributed by atoms with Gasteiger partial charge in [0.15, 0.2) is 5.78 Å². The molecular formula is C14H19NOS. The average molecular weight is 249 g/mol. The van der Waals surface area contributed by atoms with Crippen LogP contribution in [0.5, 0.6) is 0 Å². The van der Waals surface area contributed by atoms with Gasteiger partial charge in [-0.1, -0.05) is 30.3 Å². The topological polar surface area (TPSA) is 20.3 Å². The molecule has 0 spiro atoms. The van der Waals surface area contributed by atoms with E-state index in [0.29, 0.717) is 12.5 Å². The molecule has 0 N–H and O–H groups in total. The zero-order valence-corrected chi connectivity index (χ0v) is 11.1. The number of hydrogen-bond acceptors (Lipinski definition) is 3. The highest BCUT2D eigenvalue weighted by Crippen LogP contribution is 2.15. The molecule has 1 fully saturated rings. The summed E-state index contributed by atoms with van der Waals surface area (Å²) in [6, 6.07) is 9.97. The van der Waals surface area contributed by atoms with Crippen molar-refractivity contribution >= 4 is 17.5 Å². The van der Waals surface area contributed by atoms with Gasteiger partial charge in [-0.2, -0.15) is 11.8 Å². The van der Waals surface area contributed by atoms with E-state index in [1.165, 1.54) is 11.5 Å². The predicted octanol–water partition coefficient (Wildman–Crippen LogP) is 2.70. The Morgan fingerprint density at radius 1 is 1.29 bits per heavy atom. The minimum Gasteiger partial charge on any atom is -0.299 e. The number of thioether (sulfide) groups is 1. The number of rotatable bonds is 4. The van der Waals surface area contributed by atoms with Gasteiger partial charge < -0.3 is 0 Å². The maximum Gasteiger partial charge on any atom is 0.164 e. The van der Waals surface area contributed by atoms with Crippen molar-refractivity contribution < 1.29 is 4.79 Å². The monoisotopic (exact) mass is 249 g/mol. The Morgan fingerprint density at radius 3 is 2.59 bits per heavy atom. The van der Waals surface area contributed by atoms with Gasteiger partial charge in [0.25, 0.3) is 0 Å². The van der Waals surface area contributed by atoms with Crippen molar-refractivity contribution in [2.24, 2.45) is 0 Å². The van der Waals surface area contributed by atoms with Gasteiger partial charge in [-0.15, -0.1) is 0 Å². The molecule has 2 rings (SSSR count). The van der Waals surface area contributed by atoms with Crippen molar-refractivity contribution in [3.63, 3.8) is 0 Å². The van der Waals surface area contributed by atoms with Crippen LogP contribution in [0.2, 0.25) is 0 Å². The Kier molecular flexibility index (Phi) is 4.63. The van der Waals surface area contributed by atoms with E-state index >= 15 is 0 Å². The number of Topliss-reactive ketones (excluding diaryl/α,β-unsaturated/α-hetero) is 1. The van der Waals surface area contributed by atoms with Crippen molar-refractivity contribution in [1.29, 1.82) is 0 Å². The first-order valence-electron chi connectivity index (χ1n) is 6.17. The second-order valence-electron chi connectivity index (χ2n) is 4.49. The predicted molar refractivity (Wildman–Crippen MR) is 73.7 cm³/mol. The molecular weight excluding hydrogens is 230 g/mol. The summed E-state index contributed by atoms with van der Waals surface area (Å²) < 4.78 is 0. The lowest BCUT2D eigenvalue weighted by Gasteiger charge is -2.31. The van der Waals surface area contributed by atoms with Crippen LogP contribution in [0.25, 0.3) is 0 Å². The van der Waals surface area contributed by atoms with Crippen LogP contribution in [0.1, 0.15) is 23.7 Å². The third-order valence-corrected chi connectivity index (χ3v) is 4.19. The highest BCUT2D eigenvalue weighted by atomic mass is 32.2. The van der Waals surface area contributed by atoms with Crippen LogP contribution in [0.4, 0.5) is 0 Å². The lowest BCUT2D eigenvalue weighted by molar-refractivity contribution is 0.0934. The summed E-state index contributed by atoms with van der Waals surface area (Å²) in [4.78, 5) is 14.5. The molecule has 1 unspecified atom stereocenters. The molecule has 1 aliphatic rings. The molecule has 1 heterocycles. The largest absolute Gasteiger partial charge is 0.299 e. The molecule has 0 saturated carbocycles. The Labute approximate surface area is 107 Å². The summed E-state index contributed by atoms with van der Waals surface area (Å²) in [7, 11) is 0. The lowest BCUT2D eigenvalue weighted by Crippen LogP contribution is -2.40. The fourth-order valence-corrected chi connectivity index (χ4v) is 3.09. The molecule has 0 amide bonds. The van der Waals surface area contributed by atoms with Gasteiger partial charge in [0.1, 0.15) is 0 Å². The first kappa shape index (κ1) is 12.7. The van der Waals surface area contributed by atoms with Crippen LogP contribution in [0.15, 0.2) is 30.3 Å². The summed E-state index contributed by atoms with van der Waals surface area (Å²) in [5.74, 6) is 2.66. The minimum atomic E-state index is 0.260. The van der Waals surface area contributed by atoms with E-state index in [1.54, 1.807) is 0 Å². The van der Waals surface area contributed by atoms with E-state index in [4.69, 9.17) is 0 Å². The third kappa shape index (κ3) is 3.58. The van der Waals surface area contributed by atoms with Crippen LogP contribution >= 0.6 is 11.8 Å². The molecule has 1 atom stereocenters. The molecule has 0 aromatic heterocycles. The van der Waals surface area contributed by atoms with Gasteiger partial charge in [0.05, 0.1) is 0 Å². The first-order chi connectivity index (χ1) is 8.27. The Bertz CT molecular complexity index is 360. The van der Waals surface area contributed by atoms with Crippen LogP contribution in [0, 0.1) is 0 Å². The number of benzene rings is 1. The molecule has 0 bridgehead atoms. The van der Waals surface area contributed by atoms with E-state index in [9.17, 15) is 4.79 Å². The van der Waals surface area contributed by atoms with Crippen molar-refractivity contribution in [1.82, 2.24) is 4.90 Å². The highest BCUT2D eigenvalue weighted by molar-refractivity contribution is 7.99. The molecule has 1 aliphatic heterocycles. The first-order valence-corrected chi connectivity index (χ1v) is 7.33. The Balaban J connectivity index is 1.89. The standard InChI is InChI=1S/C14H19NOS/c1-12(15-7-9-17-10-8-15)11-14(16)13-5-3-2-4-6-13/h2-6,12H,7-11H2,1H3. The van der Waals surface area contributed by atoms with E-state index in [0.717, 1.165) is 18.7 Å². The second-order valence-corrected chi connectivity index (χ2v) is 5.72. The number of carbonyl (C=O) groups excluding carboxylic acids is 1. The number of carbonyl (C=O) groups is 1. The maximum absolute atomic E-state index is 12.1. The SMILES string of the molecule is CC(CC(=O)c1ccccc1)N1CCSCC1. The summed E-state index contributed by atoms with van der Waals surface area (Å²) in [6.45, 7) is 4.40. The fourth-order valence-electron chi connectivity index (χ4n) is 2.16. The van der Waals surface area contributed by atoms with Crippen LogP contribution in [-0.4, -0.2) is 41.3 Å². The van der Waals surface area contributed by atoms with Gasteiger partial charge in [0.2, 0.25) is 0 Å². The minimum absolute atomic E-state index is 0.260. The Hall–Kier alpha value is -0.800. The van der Waals surface area contributed by atoms with Crippen molar-refractivity contribution in [3.8, 4) is 0 Å². The summed E-state index contributed by atoms with van der Waals surface area (Å²) >= 11 is 2.00. The average Bonchev–Trinajstić information content (AvgIpc) is 2.40. The summed E-state index contributed by atoms with van der Waals surface area (Å²) in [6.07, 6.45) is 0.634. The molecule has 2 nitrogen and oxygen atoms in total. The van der Waals surface area contributed by atoms with Gasteiger partial charge in [-0.05, 0) is 6.92 Å². The molecule has 1 aromatic carbocycles. The molecule has 1 aromatic rings. The van der Waals surface area contributed by atoms with Crippen molar-refractivity contribution in [2.45, 2.75) is 19.4 Å². The van der Waals surface area contributed by atoms with Gasteiger partial charge in [-0.3, -0.25) is 9.69 Å². The zero-order valence-electron chi connectivity index (χ0n) is 10.3. The number of ketones is 1. The lowest BCUT2D eigenvalue weighted by atomic mass is 10.0.